The summed E-state index contributed by atoms with van der Waals surface area (Å²) in [6.45, 7) is 8.08. The molecule has 0 fully saturated rings. The maximum absolute atomic E-state index is 12.1. The number of hydrogen-bond donors (Lipinski definition) is 1. The molecule has 1 rings (SSSR count). The molecule has 1 aromatic carbocycles. The largest absolute Gasteiger partial charge is 0.493 e. The van der Waals surface area contributed by atoms with Crippen molar-refractivity contribution >= 4 is 17.5 Å². The molecule has 0 spiro atoms. The van der Waals surface area contributed by atoms with Crippen LogP contribution in [0.15, 0.2) is 12.1 Å². The second-order valence-corrected chi connectivity index (χ2v) is 5.53. The minimum atomic E-state index is -0.310. The SMILES string of the molecule is CCOc1c(Cl)cc(C(=O)NC(C)(C)C)cc1OC. The highest BCUT2D eigenvalue weighted by Gasteiger charge is 2.19. The molecule has 4 nitrogen and oxygen atoms in total. The minimum Gasteiger partial charge on any atom is -0.493 e. The van der Waals surface area contributed by atoms with Crippen LogP contribution < -0.4 is 14.8 Å². The lowest BCUT2D eigenvalue weighted by Gasteiger charge is -2.21. The number of nitrogens with one attached hydrogen (secondary N) is 1. The van der Waals surface area contributed by atoms with Gasteiger partial charge in [0.15, 0.2) is 11.5 Å². The van der Waals surface area contributed by atoms with Gasteiger partial charge in [0.05, 0.1) is 18.7 Å². The average molecular weight is 286 g/mol. The standard InChI is InChI=1S/C14H20ClNO3/c1-6-19-12-10(15)7-9(8-11(12)18-5)13(17)16-14(2,3)4/h7-8H,6H2,1-5H3,(H,16,17). The van der Waals surface area contributed by atoms with Crippen molar-refractivity contribution in [1.82, 2.24) is 5.32 Å². The lowest BCUT2D eigenvalue weighted by atomic mass is 10.1. The number of ether oxygens (including phenoxy) is 2. The first kappa shape index (κ1) is 15.6. The molecule has 0 aliphatic rings. The maximum Gasteiger partial charge on any atom is 0.251 e. The van der Waals surface area contributed by atoms with Crippen molar-refractivity contribution in [3.8, 4) is 11.5 Å². The molecule has 5 heteroatoms. The monoisotopic (exact) mass is 285 g/mol. The lowest BCUT2D eigenvalue weighted by molar-refractivity contribution is 0.0919. The lowest BCUT2D eigenvalue weighted by Crippen LogP contribution is -2.40. The Labute approximate surface area is 119 Å². The molecule has 0 atom stereocenters. The van der Waals surface area contributed by atoms with Crippen molar-refractivity contribution in [2.45, 2.75) is 33.2 Å². The smallest absolute Gasteiger partial charge is 0.251 e. The molecule has 0 unspecified atom stereocenters. The van der Waals surface area contributed by atoms with Gasteiger partial charge in [-0.2, -0.15) is 0 Å². The number of halogens is 1. The molecule has 0 saturated carbocycles. The van der Waals surface area contributed by atoms with Gasteiger partial charge in [-0.3, -0.25) is 4.79 Å². The van der Waals surface area contributed by atoms with E-state index in [0.29, 0.717) is 28.7 Å². The Morgan fingerprint density at radius 1 is 1.37 bits per heavy atom. The fourth-order valence-electron chi connectivity index (χ4n) is 1.55. The summed E-state index contributed by atoms with van der Waals surface area (Å²) in [6, 6.07) is 3.20. The molecule has 0 aliphatic heterocycles. The summed E-state index contributed by atoms with van der Waals surface area (Å²) in [5.74, 6) is 0.711. The van der Waals surface area contributed by atoms with Gasteiger partial charge in [-0.25, -0.2) is 0 Å². The molecule has 0 saturated heterocycles. The summed E-state index contributed by atoms with van der Waals surface area (Å²) in [4.78, 5) is 12.1. The van der Waals surface area contributed by atoms with Crippen LogP contribution in [-0.2, 0) is 0 Å². The van der Waals surface area contributed by atoms with Gasteiger partial charge in [0.2, 0.25) is 0 Å². The fraction of sp³-hybridized carbons (Fsp3) is 0.500. The summed E-state index contributed by atoms with van der Waals surface area (Å²) in [6.07, 6.45) is 0. The molecular weight excluding hydrogens is 266 g/mol. The van der Waals surface area contributed by atoms with Crippen LogP contribution in [0.2, 0.25) is 5.02 Å². The third-order valence-electron chi connectivity index (χ3n) is 2.27. The number of carbonyl (C=O) groups is 1. The molecule has 1 aromatic rings. The van der Waals surface area contributed by atoms with E-state index in [2.05, 4.69) is 5.32 Å². The zero-order chi connectivity index (χ0) is 14.6. The van der Waals surface area contributed by atoms with Gasteiger partial charge in [0.25, 0.3) is 5.91 Å². The highest BCUT2D eigenvalue weighted by Crippen LogP contribution is 2.36. The quantitative estimate of drug-likeness (QED) is 0.923. The van der Waals surface area contributed by atoms with Gasteiger partial charge < -0.3 is 14.8 Å². The van der Waals surface area contributed by atoms with E-state index in [-0.39, 0.29) is 11.4 Å². The number of benzene rings is 1. The molecule has 0 aliphatic carbocycles. The Kier molecular flexibility index (Phi) is 5.06. The van der Waals surface area contributed by atoms with Crippen LogP contribution >= 0.6 is 11.6 Å². The average Bonchev–Trinajstić information content (AvgIpc) is 2.29. The molecule has 0 heterocycles. The summed E-state index contributed by atoms with van der Waals surface area (Å²) in [7, 11) is 1.51. The Balaban J connectivity index is 3.11. The second-order valence-electron chi connectivity index (χ2n) is 5.13. The van der Waals surface area contributed by atoms with Gasteiger partial charge in [-0.15, -0.1) is 0 Å². The first-order chi connectivity index (χ1) is 8.78. The van der Waals surface area contributed by atoms with Crippen LogP contribution in [0.25, 0.3) is 0 Å². The van der Waals surface area contributed by atoms with E-state index in [4.69, 9.17) is 21.1 Å². The minimum absolute atomic E-state index is 0.198. The molecule has 0 bridgehead atoms. The second kappa shape index (κ2) is 6.15. The highest BCUT2D eigenvalue weighted by atomic mass is 35.5. The summed E-state index contributed by atoms with van der Waals surface area (Å²) >= 11 is 6.12. The van der Waals surface area contributed by atoms with Crippen molar-refractivity contribution in [2.24, 2.45) is 0 Å². The van der Waals surface area contributed by atoms with E-state index < -0.39 is 0 Å². The van der Waals surface area contributed by atoms with E-state index >= 15 is 0 Å². The van der Waals surface area contributed by atoms with Crippen molar-refractivity contribution in [1.29, 1.82) is 0 Å². The fourth-order valence-corrected chi connectivity index (χ4v) is 1.81. The van der Waals surface area contributed by atoms with Crippen molar-refractivity contribution in [3.05, 3.63) is 22.7 Å². The summed E-state index contributed by atoms with van der Waals surface area (Å²) in [5.41, 5.74) is 0.135. The first-order valence-corrected chi connectivity index (χ1v) is 6.49. The third-order valence-corrected chi connectivity index (χ3v) is 2.55. The molecule has 1 amide bonds. The molecule has 19 heavy (non-hydrogen) atoms. The normalized spacial score (nSPS) is 11.1. The molecule has 0 aromatic heterocycles. The number of carbonyl (C=O) groups excluding carboxylic acids is 1. The predicted octanol–water partition coefficient (Wildman–Crippen LogP) is 3.28. The Hall–Kier alpha value is -1.42. The number of amides is 1. The summed E-state index contributed by atoms with van der Waals surface area (Å²) in [5, 5.41) is 3.23. The molecule has 106 valence electrons. The van der Waals surface area contributed by atoms with Gasteiger partial charge in [0, 0.05) is 11.1 Å². The third kappa shape index (κ3) is 4.31. The molecule has 0 radical (unpaired) electrons. The topological polar surface area (TPSA) is 47.6 Å². The molecule has 1 N–H and O–H groups in total. The zero-order valence-electron chi connectivity index (χ0n) is 12.0. The van der Waals surface area contributed by atoms with Crippen LogP contribution in [0, 0.1) is 0 Å². The van der Waals surface area contributed by atoms with Crippen LogP contribution in [0.3, 0.4) is 0 Å². The van der Waals surface area contributed by atoms with Crippen molar-refractivity contribution in [3.63, 3.8) is 0 Å². The number of rotatable bonds is 4. The van der Waals surface area contributed by atoms with Gasteiger partial charge in [0.1, 0.15) is 0 Å². The molecular formula is C14H20ClNO3. The Bertz CT molecular complexity index is 466. The Morgan fingerprint density at radius 3 is 2.47 bits per heavy atom. The van der Waals surface area contributed by atoms with Crippen LogP contribution in [0.4, 0.5) is 0 Å². The first-order valence-electron chi connectivity index (χ1n) is 6.11. The van der Waals surface area contributed by atoms with Gasteiger partial charge in [-0.05, 0) is 39.8 Å². The van der Waals surface area contributed by atoms with Crippen LogP contribution in [0.5, 0.6) is 11.5 Å². The maximum atomic E-state index is 12.1. The highest BCUT2D eigenvalue weighted by molar-refractivity contribution is 6.32. The van der Waals surface area contributed by atoms with E-state index in [1.54, 1.807) is 12.1 Å². The van der Waals surface area contributed by atoms with Gasteiger partial charge in [-0.1, -0.05) is 11.6 Å². The van der Waals surface area contributed by atoms with E-state index in [1.807, 2.05) is 27.7 Å². The van der Waals surface area contributed by atoms with Crippen LogP contribution in [0.1, 0.15) is 38.1 Å². The van der Waals surface area contributed by atoms with Crippen molar-refractivity contribution in [2.75, 3.05) is 13.7 Å². The van der Waals surface area contributed by atoms with E-state index in [1.165, 1.54) is 7.11 Å². The number of methoxy groups -OCH3 is 1. The number of hydrogen-bond acceptors (Lipinski definition) is 3. The predicted molar refractivity (Wildman–Crippen MR) is 76.4 cm³/mol. The van der Waals surface area contributed by atoms with E-state index in [0.717, 1.165) is 0 Å². The zero-order valence-corrected chi connectivity index (χ0v) is 12.7. The summed E-state index contributed by atoms with van der Waals surface area (Å²) < 4.78 is 10.6. The van der Waals surface area contributed by atoms with Crippen LogP contribution in [-0.4, -0.2) is 25.2 Å². The van der Waals surface area contributed by atoms with E-state index in [9.17, 15) is 4.79 Å². The Morgan fingerprint density at radius 2 is 2.00 bits per heavy atom. The van der Waals surface area contributed by atoms with Gasteiger partial charge >= 0.3 is 0 Å². The van der Waals surface area contributed by atoms with Crippen molar-refractivity contribution < 1.29 is 14.3 Å².